The summed E-state index contributed by atoms with van der Waals surface area (Å²) in [7, 11) is 1.76. The summed E-state index contributed by atoms with van der Waals surface area (Å²) in [5, 5.41) is 3.91. The van der Waals surface area contributed by atoms with Crippen LogP contribution in [0.3, 0.4) is 0 Å². The van der Waals surface area contributed by atoms with Gasteiger partial charge < -0.3 is 15.6 Å². The van der Waals surface area contributed by atoms with E-state index in [0.717, 1.165) is 10.5 Å². The Kier molecular flexibility index (Phi) is 2.90. The number of fused-ring (bicyclic) bond motifs is 2. The van der Waals surface area contributed by atoms with Crippen molar-refractivity contribution in [3.8, 4) is 0 Å². The molecule has 0 aliphatic rings. The minimum absolute atomic E-state index is 0.373. The third-order valence-corrected chi connectivity index (χ3v) is 4.38. The summed E-state index contributed by atoms with van der Waals surface area (Å²) in [6, 6.07) is 8.10. The Balaban J connectivity index is 1.79. The lowest BCUT2D eigenvalue weighted by molar-refractivity contribution is 0.808. The zero-order chi connectivity index (χ0) is 15.1. The smallest absolute Gasteiger partial charge is 0.226 e. The van der Waals surface area contributed by atoms with Gasteiger partial charge in [-0.05, 0) is 12.1 Å². The van der Waals surface area contributed by atoms with Crippen molar-refractivity contribution < 1.29 is 0 Å². The number of nitrogens with one attached hydrogen (secondary N) is 1. The molecule has 3 heterocycles. The van der Waals surface area contributed by atoms with Crippen molar-refractivity contribution in [1.29, 1.82) is 0 Å². The van der Waals surface area contributed by atoms with E-state index in [4.69, 9.17) is 5.73 Å². The van der Waals surface area contributed by atoms with Gasteiger partial charge in [0, 0.05) is 7.05 Å². The van der Waals surface area contributed by atoms with E-state index in [1.165, 1.54) is 4.70 Å². The van der Waals surface area contributed by atoms with Gasteiger partial charge in [-0.1, -0.05) is 12.1 Å². The number of imidazole rings is 1. The second-order valence-electron chi connectivity index (χ2n) is 4.80. The minimum atomic E-state index is 0.373. The lowest BCUT2D eigenvalue weighted by atomic mass is 10.3. The first-order chi connectivity index (χ1) is 10.7. The second kappa shape index (κ2) is 4.92. The molecular formula is C14H13N7S. The molecule has 4 aromatic rings. The maximum absolute atomic E-state index is 5.92. The molecule has 0 aliphatic carbocycles. The quantitative estimate of drug-likeness (QED) is 0.602. The lowest BCUT2D eigenvalue weighted by Gasteiger charge is -2.03. The van der Waals surface area contributed by atoms with Crippen LogP contribution in [-0.4, -0.2) is 31.6 Å². The van der Waals surface area contributed by atoms with Crippen LogP contribution in [0.5, 0.6) is 0 Å². The predicted octanol–water partition coefficient (Wildman–Crippen LogP) is 2.11. The molecule has 0 saturated heterocycles. The fraction of sp³-hybridized carbons (Fsp3) is 0.143. The molecule has 0 radical (unpaired) electrons. The van der Waals surface area contributed by atoms with E-state index < -0.39 is 0 Å². The number of thiazole rings is 1. The Labute approximate surface area is 129 Å². The maximum atomic E-state index is 5.92. The zero-order valence-corrected chi connectivity index (χ0v) is 12.6. The van der Waals surface area contributed by atoms with E-state index in [0.29, 0.717) is 29.5 Å². The molecule has 0 bridgehead atoms. The number of benzene rings is 1. The van der Waals surface area contributed by atoms with Crippen molar-refractivity contribution in [1.82, 2.24) is 24.5 Å². The predicted molar refractivity (Wildman–Crippen MR) is 88.0 cm³/mol. The molecule has 3 N–H and O–H groups in total. The third-order valence-electron chi connectivity index (χ3n) is 3.36. The SMILES string of the molecule is CNc1nc(N)c2ncn(Cc3nc4ccccc4s3)c2n1. The molecule has 1 aromatic carbocycles. The first-order valence-corrected chi connectivity index (χ1v) is 7.57. The summed E-state index contributed by atoms with van der Waals surface area (Å²) in [5.41, 5.74) is 8.25. The monoisotopic (exact) mass is 311 g/mol. The van der Waals surface area contributed by atoms with Crippen molar-refractivity contribution in [3.05, 3.63) is 35.6 Å². The molecule has 3 aromatic heterocycles. The topological polar surface area (TPSA) is 94.5 Å². The van der Waals surface area contributed by atoms with Gasteiger partial charge in [-0.3, -0.25) is 0 Å². The number of hydrogen-bond donors (Lipinski definition) is 2. The largest absolute Gasteiger partial charge is 0.382 e. The standard InChI is InChI=1S/C14H13N7S/c1-16-14-19-12(15)11-13(20-14)21(7-17-11)6-10-18-8-4-2-3-5-9(8)22-10/h2-5,7H,6H2,1H3,(H3,15,16,19,20). The van der Waals surface area contributed by atoms with Gasteiger partial charge in [0.1, 0.15) is 10.5 Å². The lowest BCUT2D eigenvalue weighted by Crippen LogP contribution is -2.04. The number of rotatable bonds is 3. The highest BCUT2D eigenvalue weighted by molar-refractivity contribution is 7.18. The summed E-state index contributed by atoms with van der Waals surface area (Å²) < 4.78 is 3.11. The van der Waals surface area contributed by atoms with Crippen LogP contribution in [0.2, 0.25) is 0 Å². The molecule has 0 aliphatic heterocycles. The van der Waals surface area contributed by atoms with Gasteiger partial charge in [0.2, 0.25) is 5.95 Å². The summed E-state index contributed by atoms with van der Waals surface area (Å²) >= 11 is 1.67. The highest BCUT2D eigenvalue weighted by Crippen LogP contribution is 2.24. The fourth-order valence-corrected chi connectivity index (χ4v) is 3.29. The Morgan fingerprint density at radius 3 is 2.91 bits per heavy atom. The Morgan fingerprint density at radius 2 is 2.09 bits per heavy atom. The number of nitrogens with zero attached hydrogens (tertiary/aromatic N) is 5. The molecule has 110 valence electrons. The number of nitrogens with two attached hydrogens (primary N) is 1. The molecule has 0 spiro atoms. The van der Waals surface area contributed by atoms with Crippen LogP contribution in [0.4, 0.5) is 11.8 Å². The van der Waals surface area contributed by atoms with E-state index in [-0.39, 0.29) is 0 Å². The molecule has 8 heteroatoms. The molecule has 0 saturated carbocycles. The van der Waals surface area contributed by atoms with Gasteiger partial charge in [0.15, 0.2) is 11.5 Å². The van der Waals surface area contributed by atoms with Gasteiger partial charge >= 0.3 is 0 Å². The van der Waals surface area contributed by atoms with E-state index >= 15 is 0 Å². The van der Waals surface area contributed by atoms with E-state index in [1.807, 2.05) is 22.8 Å². The minimum Gasteiger partial charge on any atom is -0.382 e. The number of para-hydroxylation sites is 1. The van der Waals surface area contributed by atoms with Gasteiger partial charge in [0.05, 0.1) is 23.1 Å². The normalized spacial score (nSPS) is 11.3. The highest BCUT2D eigenvalue weighted by Gasteiger charge is 2.12. The van der Waals surface area contributed by atoms with Crippen LogP contribution < -0.4 is 11.1 Å². The molecule has 22 heavy (non-hydrogen) atoms. The van der Waals surface area contributed by atoms with Crippen LogP contribution >= 0.6 is 11.3 Å². The molecule has 0 atom stereocenters. The average Bonchev–Trinajstić information content (AvgIpc) is 3.11. The zero-order valence-electron chi connectivity index (χ0n) is 11.8. The van der Waals surface area contributed by atoms with Crippen LogP contribution in [0.15, 0.2) is 30.6 Å². The van der Waals surface area contributed by atoms with Gasteiger partial charge in [0.25, 0.3) is 0 Å². The van der Waals surface area contributed by atoms with Crippen LogP contribution in [-0.2, 0) is 6.54 Å². The van der Waals surface area contributed by atoms with Gasteiger partial charge in [-0.15, -0.1) is 11.3 Å². The Bertz CT molecular complexity index is 939. The maximum Gasteiger partial charge on any atom is 0.226 e. The second-order valence-corrected chi connectivity index (χ2v) is 5.92. The number of aromatic nitrogens is 5. The van der Waals surface area contributed by atoms with Crippen molar-refractivity contribution in [2.24, 2.45) is 0 Å². The van der Waals surface area contributed by atoms with E-state index in [1.54, 1.807) is 24.7 Å². The summed E-state index contributed by atoms with van der Waals surface area (Å²) in [6.07, 6.45) is 1.72. The van der Waals surface area contributed by atoms with Crippen LogP contribution in [0.1, 0.15) is 5.01 Å². The average molecular weight is 311 g/mol. The highest BCUT2D eigenvalue weighted by atomic mass is 32.1. The van der Waals surface area contributed by atoms with Crippen LogP contribution in [0.25, 0.3) is 21.4 Å². The van der Waals surface area contributed by atoms with Gasteiger partial charge in [-0.2, -0.15) is 9.97 Å². The molecular weight excluding hydrogens is 298 g/mol. The first kappa shape index (κ1) is 13.0. The molecule has 7 nitrogen and oxygen atoms in total. The molecule has 0 unspecified atom stereocenters. The first-order valence-electron chi connectivity index (χ1n) is 6.75. The van der Waals surface area contributed by atoms with Crippen LogP contribution in [0, 0.1) is 0 Å². The van der Waals surface area contributed by atoms with Gasteiger partial charge in [-0.25, -0.2) is 9.97 Å². The number of hydrogen-bond acceptors (Lipinski definition) is 7. The molecule has 4 rings (SSSR count). The van der Waals surface area contributed by atoms with Crippen molar-refractivity contribution in [2.45, 2.75) is 6.54 Å². The molecule has 0 amide bonds. The Hall–Kier alpha value is -2.74. The van der Waals surface area contributed by atoms with Crippen molar-refractivity contribution in [2.75, 3.05) is 18.1 Å². The van der Waals surface area contributed by atoms with E-state index in [9.17, 15) is 0 Å². The summed E-state index contributed by atoms with van der Waals surface area (Å²) in [5.74, 6) is 0.855. The number of anilines is 2. The molecule has 0 fully saturated rings. The third kappa shape index (κ3) is 2.04. The Morgan fingerprint density at radius 1 is 1.23 bits per heavy atom. The number of nitrogen functional groups attached to an aromatic ring is 1. The fourth-order valence-electron chi connectivity index (χ4n) is 2.33. The summed E-state index contributed by atoms with van der Waals surface area (Å²) in [4.78, 5) is 17.5. The summed E-state index contributed by atoms with van der Waals surface area (Å²) in [6.45, 7) is 0.607. The van der Waals surface area contributed by atoms with Crippen molar-refractivity contribution >= 4 is 44.5 Å². The van der Waals surface area contributed by atoms with Crippen molar-refractivity contribution in [3.63, 3.8) is 0 Å². The van der Waals surface area contributed by atoms with E-state index in [2.05, 4.69) is 31.3 Å².